The number of imidazole rings is 1. The van der Waals surface area contributed by atoms with Crippen molar-refractivity contribution >= 4 is 22.8 Å². The second kappa shape index (κ2) is 4.03. The van der Waals surface area contributed by atoms with Crippen molar-refractivity contribution in [2.75, 3.05) is 5.73 Å². The maximum atomic E-state index is 5.90. The monoisotopic (exact) mass is 257 g/mol. The second-order valence-electron chi connectivity index (χ2n) is 4.24. The molecule has 2 heterocycles. The molecule has 0 fully saturated rings. The molecular weight excluding hydrogens is 246 g/mol. The summed E-state index contributed by atoms with van der Waals surface area (Å²) in [6, 6.07) is 11.5. The Labute approximate surface area is 110 Å². The number of nitrogen functional groups attached to an aromatic ring is 1. The number of hydrogen-bond acceptors (Lipinski definition) is 2. The Kier molecular flexibility index (Phi) is 2.49. The summed E-state index contributed by atoms with van der Waals surface area (Å²) >= 11 is 5.90. The lowest BCUT2D eigenvalue weighted by Crippen LogP contribution is -1.91. The number of benzene rings is 1. The molecule has 0 amide bonds. The van der Waals surface area contributed by atoms with Gasteiger partial charge in [-0.15, -0.1) is 0 Å². The summed E-state index contributed by atoms with van der Waals surface area (Å²) < 4.78 is 2.04. The van der Waals surface area contributed by atoms with Crippen molar-refractivity contribution in [1.29, 1.82) is 0 Å². The van der Waals surface area contributed by atoms with Crippen LogP contribution in [0.15, 0.2) is 42.6 Å². The molecule has 4 heteroatoms. The minimum atomic E-state index is 0.723. The number of nitrogens with two attached hydrogens (primary N) is 1. The topological polar surface area (TPSA) is 43.3 Å². The molecule has 0 bridgehead atoms. The molecule has 3 aromatic rings. The first-order valence-corrected chi connectivity index (χ1v) is 6.03. The van der Waals surface area contributed by atoms with Gasteiger partial charge in [-0.05, 0) is 43.3 Å². The van der Waals surface area contributed by atoms with Gasteiger partial charge in [0.1, 0.15) is 5.82 Å². The van der Waals surface area contributed by atoms with E-state index < -0.39 is 0 Å². The molecule has 0 saturated heterocycles. The van der Waals surface area contributed by atoms with Gasteiger partial charge in [-0.2, -0.15) is 0 Å². The summed E-state index contributed by atoms with van der Waals surface area (Å²) in [5.74, 6) is 0.902. The van der Waals surface area contributed by atoms with Crippen LogP contribution in [0.5, 0.6) is 0 Å². The van der Waals surface area contributed by atoms with Crippen molar-refractivity contribution in [2.45, 2.75) is 6.92 Å². The maximum absolute atomic E-state index is 5.90. The maximum Gasteiger partial charge on any atom is 0.144 e. The predicted octanol–water partition coefficient (Wildman–Crippen LogP) is 3.55. The first-order chi connectivity index (χ1) is 8.65. The summed E-state index contributed by atoms with van der Waals surface area (Å²) in [5, 5.41) is 0.723. The number of nitrogens with zero attached hydrogens (tertiary/aromatic N) is 2. The Balaban J connectivity index is 2.26. The number of aromatic nitrogens is 2. The Morgan fingerprint density at radius 2 is 1.89 bits per heavy atom. The molecule has 0 aliphatic rings. The van der Waals surface area contributed by atoms with Gasteiger partial charge < -0.3 is 5.73 Å². The fourth-order valence-corrected chi connectivity index (χ4v) is 2.18. The largest absolute Gasteiger partial charge is 0.399 e. The highest BCUT2D eigenvalue weighted by molar-refractivity contribution is 6.30. The highest BCUT2D eigenvalue weighted by Crippen LogP contribution is 2.24. The summed E-state index contributed by atoms with van der Waals surface area (Å²) in [7, 11) is 0. The van der Waals surface area contributed by atoms with Crippen LogP contribution < -0.4 is 5.73 Å². The number of halogens is 1. The normalized spacial score (nSPS) is 11.0. The fourth-order valence-electron chi connectivity index (χ4n) is 2.05. The number of rotatable bonds is 1. The molecule has 0 aliphatic carbocycles. The van der Waals surface area contributed by atoms with Gasteiger partial charge in [-0.25, -0.2) is 4.98 Å². The van der Waals surface area contributed by atoms with Crippen molar-refractivity contribution in [3.63, 3.8) is 0 Å². The van der Waals surface area contributed by atoms with Crippen LogP contribution in [0, 0.1) is 6.92 Å². The van der Waals surface area contributed by atoms with Gasteiger partial charge in [-0.3, -0.25) is 4.40 Å². The van der Waals surface area contributed by atoms with Gasteiger partial charge in [0.05, 0.1) is 11.2 Å². The number of hydrogen-bond donors (Lipinski definition) is 1. The van der Waals surface area contributed by atoms with E-state index in [-0.39, 0.29) is 0 Å². The Hall–Kier alpha value is -2.00. The van der Waals surface area contributed by atoms with Crippen LogP contribution in [-0.4, -0.2) is 9.38 Å². The zero-order valence-corrected chi connectivity index (χ0v) is 10.6. The van der Waals surface area contributed by atoms with Crippen LogP contribution in [0.4, 0.5) is 5.69 Å². The van der Waals surface area contributed by atoms with E-state index in [4.69, 9.17) is 17.3 Å². The summed E-state index contributed by atoms with van der Waals surface area (Å²) in [6.07, 6.45) is 1.94. The SMILES string of the molecule is Cc1nc(-c2ccc(Cl)cc2)n2ccc(N)cc12. The number of fused-ring (bicyclic) bond motifs is 1. The van der Waals surface area contributed by atoms with Crippen LogP contribution >= 0.6 is 11.6 Å². The third kappa shape index (κ3) is 1.73. The summed E-state index contributed by atoms with van der Waals surface area (Å²) in [6.45, 7) is 1.98. The minimum absolute atomic E-state index is 0.723. The van der Waals surface area contributed by atoms with Crippen molar-refractivity contribution in [2.24, 2.45) is 0 Å². The van der Waals surface area contributed by atoms with E-state index in [1.54, 1.807) is 0 Å². The van der Waals surface area contributed by atoms with Gasteiger partial charge in [0, 0.05) is 22.5 Å². The number of pyridine rings is 1. The Morgan fingerprint density at radius 1 is 1.17 bits per heavy atom. The van der Waals surface area contributed by atoms with Crippen molar-refractivity contribution in [3.8, 4) is 11.4 Å². The van der Waals surface area contributed by atoms with Gasteiger partial charge in [-0.1, -0.05) is 11.6 Å². The lowest BCUT2D eigenvalue weighted by Gasteiger charge is -2.02. The van der Waals surface area contributed by atoms with Crippen LogP contribution in [-0.2, 0) is 0 Å². The predicted molar refractivity (Wildman–Crippen MR) is 74.8 cm³/mol. The molecule has 18 heavy (non-hydrogen) atoms. The molecule has 3 nitrogen and oxygen atoms in total. The smallest absolute Gasteiger partial charge is 0.144 e. The van der Waals surface area contributed by atoms with E-state index in [1.807, 2.05) is 53.9 Å². The van der Waals surface area contributed by atoms with Gasteiger partial charge in [0.15, 0.2) is 0 Å². The third-order valence-electron chi connectivity index (χ3n) is 2.95. The molecule has 0 spiro atoms. The van der Waals surface area contributed by atoms with Gasteiger partial charge in [0.2, 0.25) is 0 Å². The Bertz CT molecular complexity index is 714. The molecule has 2 N–H and O–H groups in total. The molecule has 2 aromatic heterocycles. The van der Waals surface area contributed by atoms with Gasteiger partial charge in [0.25, 0.3) is 0 Å². The number of anilines is 1. The highest BCUT2D eigenvalue weighted by Gasteiger charge is 2.09. The third-order valence-corrected chi connectivity index (χ3v) is 3.21. The fraction of sp³-hybridized carbons (Fsp3) is 0.0714. The molecular formula is C14H12ClN3. The van der Waals surface area contributed by atoms with E-state index in [2.05, 4.69) is 4.98 Å². The average Bonchev–Trinajstić information content (AvgIpc) is 2.68. The molecule has 0 unspecified atom stereocenters. The average molecular weight is 258 g/mol. The summed E-state index contributed by atoms with van der Waals surface area (Å²) in [5.41, 5.74) is 9.57. The van der Waals surface area contributed by atoms with E-state index in [0.717, 1.165) is 33.3 Å². The number of aryl methyl sites for hydroxylation is 1. The minimum Gasteiger partial charge on any atom is -0.399 e. The highest BCUT2D eigenvalue weighted by atomic mass is 35.5. The van der Waals surface area contributed by atoms with E-state index in [9.17, 15) is 0 Å². The standard InChI is InChI=1S/C14H12ClN3/c1-9-13-8-12(16)6-7-18(13)14(17-9)10-2-4-11(15)5-3-10/h2-8H,16H2,1H3. The van der Waals surface area contributed by atoms with Crippen molar-refractivity contribution in [3.05, 3.63) is 53.3 Å². The molecule has 90 valence electrons. The first-order valence-electron chi connectivity index (χ1n) is 5.65. The molecule has 0 aliphatic heterocycles. The Morgan fingerprint density at radius 3 is 2.61 bits per heavy atom. The van der Waals surface area contributed by atoms with E-state index >= 15 is 0 Å². The molecule has 0 radical (unpaired) electrons. The lowest BCUT2D eigenvalue weighted by molar-refractivity contribution is 1.16. The molecule has 3 rings (SSSR count). The molecule has 1 aromatic carbocycles. The zero-order chi connectivity index (χ0) is 12.7. The van der Waals surface area contributed by atoms with Crippen LogP contribution in [0.1, 0.15) is 5.69 Å². The quantitative estimate of drug-likeness (QED) is 0.725. The van der Waals surface area contributed by atoms with Crippen LogP contribution in [0.2, 0.25) is 5.02 Å². The molecule has 0 atom stereocenters. The second-order valence-corrected chi connectivity index (χ2v) is 4.68. The van der Waals surface area contributed by atoms with Crippen molar-refractivity contribution < 1.29 is 0 Å². The zero-order valence-electron chi connectivity index (χ0n) is 9.89. The van der Waals surface area contributed by atoms with E-state index in [1.165, 1.54) is 0 Å². The first kappa shape index (κ1) is 11.1. The van der Waals surface area contributed by atoms with E-state index in [0.29, 0.717) is 0 Å². The van der Waals surface area contributed by atoms with Crippen LogP contribution in [0.25, 0.3) is 16.9 Å². The summed E-state index contributed by atoms with van der Waals surface area (Å²) in [4.78, 5) is 4.60. The van der Waals surface area contributed by atoms with Crippen molar-refractivity contribution in [1.82, 2.24) is 9.38 Å². The van der Waals surface area contributed by atoms with Gasteiger partial charge >= 0.3 is 0 Å². The molecule has 0 saturated carbocycles. The van der Waals surface area contributed by atoms with Crippen LogP contribution in [0.3, 0.4) is 0 Å². The lowest BCUT2D eigenvalue weighted by atomic mass is 10.2.